The minimum Gasteiger partial charge on any atom is -0.491 e. The Morgan fingerprint density at radius 2 is 2.30 bits per heavy atom. The number of amides is 1. The molecule has 0 spiro atoms. The lowest BCUT2D eigenvalue weighted by Crippen LogP contribution is -2.31. The Bertz CT molecular complexity index is 511. The topological polar surface area (TPSA) is 73.6 Å². The average Bonchev–Trinajstić information content (AvgIpc) is 3.03. The number of nitrogen functional groups attached to an aromatic ring is 1. The highest BCUT2D eigenvalue weighted by Crippen LogP contribution is 2.23. The molecule has 1 amide bonds. The smallest absolute Gasteiger partial charge is 0.220 e. The third-order valence-corrected chi connectivity index (χ3v) is 3.84. The van der Waals surface area contributed by atoms with Crippen LogP contribution in [0.4, 0.5) is 5.69 Å². The van der Waals surface area contributed by atoms with Gasteiger partial charge >= 0.3 is 0 Å². The molecule has 1 heterocycles. The molecule has 1 aliphatic heterocycles. The molecule has 1 aliphatic rings. The third-order valence-electron chi connectivity index (χ3n) is 3.84. The Balaban J connectivity index is 1.74. The van der Waals surface area contributed by atoms with Crippen LogP contribution in [0.1, 0.15) is 38.7 Å². The van der Waals surface area contributed by atoms with Crippen molar-refractivity contribution in [2.45, 2.75) is 45.6 Å². The molecular weight excluding hydrogens is 292 g/mol. The van der Waals surface area contributed by atoms with Crippen LogP contribution in [0.5, 0.6) is 5.75 Å². The van der Waals surface area contributed by atoms with Crippen molar-refractivity contribution in [1.82, 2.24) is 5.32 Å². The highest BCUT2D eigenvalue weighted by atomic mass is 16.5. The number of carbonyl (C=O) groups excluding carboxylic acids is 1. The summed E-state index contributed by atoms with van der Waals surface area (Å²) in [4.78, 5) is 11.9. The minimum absolute atomic E-state index is 0.0548. The molecule has 0 bridgehead atoms. The van der Waals surface area contributed by atoms with Crippen LogP contribution < -0.4 is 15.8 Å². The molecule has 1 unspecified atom stereocenters. The summed E-state index contributed by atoms with van der Waals surface area (Å²) in [5.74, 6) is 1.23. The van der Waals surface area contributed by atoms with E-state index in [2.05, 4.69) is 19.2 Å². The molecule has 1 aromatic rings. The summed E-state index contributed by atoms with van der Waals surface area (Å²) >= 11 is 0. The molecular formula is C18H28N2O3. The van der Waals surface area contributed by atoms with E-state index in [1.165, 1.54) is 0 Å². The lowest BCUT2D eigenvalue weighted by molar-refractivity contribution is -0.121. The number of benzene rings is 1. The molecule has 128 valence electrons. The van der Waals surface area contributed by atoms with E-state index < -0.39 is 0 Å². The van der Waals surface area contributed by atoms with E-state index in [0.29, 0.717) is 43.3 Å². The minimum atomic E-state index is 0.0548. The van der Waals surface area contributed by atoms with Crippen molar-refractivity contribution in [2.75, 3.05) is 25.5 Å². The van der Waals surface area contributed by atoms with E-state index in [4.69, 9.17) is 15.2 Å². The van der Waals surface area contributed by atoms with Gasteiger partial charge in [-0.1, -0.05) is 19.9 Å². The summed E-state index contributed by atoms with van der Waals surface area (Å²) in [6.45, 7) is 6.27. The first-order valence-electron chi connectivity index (χ1n) is 8.44. The van der Waals surface area contributed by atoms with Crippen LogP contribution in [-0.2, 0) is 16.0 Å². The number of nitrogens with one attached hydrogen (secondary N) is 1. The number of carbonyl (C=O) groups is 1. The summed E-state index contributed by atoms with van der Waals surface area (Å²) in [5, 5.41) is 2.93. The first kappa shape index (κ1) is 17.6. The lowest BCUT2D eigenvalue weighted by atomic mass is 10.1. The molecule has 1 atom stereocenters. The number of hydrogen-bond acceptors (Lipinski definition) is 4. The first-order chi connectivity index (χ1) is 11.0. The predicted molar refractivity (Wildman–Crippen MR) is 91.5 cm³/mol. The van der Waals surface area contributed by atoms with Gasteiger partial charge in [-0.2, -0.15) is 0 Å². The van der Waals surface area contributed by atoms with Gasteiger partial charge in [-0.3, -0.25) is 4.79 Å². The van der Waals surface area contributed by atoms with Crippen LogP contribution in [0, 0.1) is 5.92 Å². The fourth-order valence-electron chi connectivity index (χ4n) is 2.52. The van der Waals surface area contributed by atoms with Gasteiger partial charge in [0.25, 0.3) is 0 Å². The number of rotatable bonds is 8. The van der Waals surface area contributed by atoms with Crippen molar-refractivity contribution in [2.24, 2.45) is 5.92 Å². The maximum absolute atomic E-state index is 11.9. The molecule has 23 heavy (non-hydrogen) atoms. The fraction of sp³-hybridized carbons (Fsp3) is 0.611. The summed E-state index contributed by atoms with van der Waals surface area (Å²) in [6.07, 6.45) is 3.44. The van der Waals surface area contributed by atoms with E-state index in [0.717, 1.165) is 25.0 Å². The summed E-state index contributed by atoms with van der Waals surface area (Å²) < 4.78 is 11.1. The fourth-order valence-corrected chi connectivity index (χ4v) is 2.52. The monoisotopic (exact) mass is 320 g/mol. The Hall–Kier alpha value is -1.75. The van der Waals surface area contributed by atoms with Crippen molar-refractivity contribution < 1.29 is 14.3 Å². The van der Waals surface area contributed by atoms with Gasteiger partial charge in [0.05, 0.1) is 18.4 Å². The number of aryl methyl sites for hydroxylation is 1. The third kappa shape index (κ3) is 6.10. The molecule has 3 N–H and O–H groups in total. The van der Waals surface area contributed by atoms with Crippen LogP contribution in [-0.4, -0.2) is 31.8 Å². The first-order valence-corrected chi connectivity index (χ1v) is 8.44. The zero-order valence-electron chi connectivity index (χ0n) is 14.1. The Labute approximate surface area is 138 Å². The van der Waals surface area contributed by atoms with Crippen molar-refractivity contribution in [1.29, 1.82) is 0 Å². The van der Waals surface area contributed by atoms with Gasteiger partial charge in [0.2, 0.25) is 5.91 Å². The largest absolute Gasteiger partial charge is 0.491 e. The average molecular weight is 320 g/mol. The summed E-state index contributed by atoms with van der Waals surface area (Å²) in [6, 6.07) is 5.75. The van der Waals surface area contributed by atoms with E-state index in [9.17, 15) is 4.79 Å². The molecule has 1 fully saturated rings. The SMILES string of the molecule is CC(C)COc1ccc(CCC(=O)NCC2CCCO2)cc1N. The standard InChI is InChI=1S/C18H28N2O3/c1-13(2)12-23-17-7-5-14(10-16(17)19)6-8-18(21)20-11-15-4-3-9-22-15/h5,7,10,13,15H,3-4,6,8-9,11-12,19H2,1-2H3,(H,20,21). The van der Waals surface area contributed by atoms with Crippen LogP contribution in [0.3, 0.4) is 0 Å². The summed E-state index contributed by atoms with van der Waals surface area (Å²) in [5.41, 5.74) is 7.69. The van der Waals surface area contributed by atoms with Gasteiger partial charge < -0.3 is 20.5 Å². The number of anilines is 1. The normalized spacial score (nSPS) is 17.4. The molecule has 0 aromatic heterocycles. The molecule has 5 heteroatoms. The van der Waals surface area contributed by atoms with Crippen molar-refractivity contribution in [3.63, 3.8) is 0 Å². The second-order valence-electron chi connectivity index (χ2n) is 6.52. The van der Waals surface area contributed by atoms with E-state index in [-0.39, 0.29) is 12.0 Å². The Kier molecular flexibility index (Phi) is 6.71. The quantitative estimate of drug-likeness (QED) is 0.722. The molecule has 0 saturated carbocycles. The van der Waals surface area contributed by atoms with Gasteiger partial charge in [0.15, 0.2) is 0 Å². The van der Waals surface area contributed by atoms with E-state index in [1.54, 1.807) is 0 Å². The molecule has 2 rings (SSSR count). The number of hydrogen-bond donors (Lipinski definition) is 2. The van der Waals surface area contributed by atoms with E-state index in [1.807, 2.05) is 18.2 Å². The Morgan fingerprint density at radius 3 is 2.96 bits per heavy atom. The van der Waals surface area contributed by atoms with Gasteiger partial charge in [0.1, 0.15) is 5.75 Å². The molecule has 0 aliphatic carbocycles. The van der Waals surface area contributed by atoms with Crippen molar-refractivity contribution >= 4 is 11.6 Å². The predicted octanol–water partition coefficient (Wildman–Crippen LogP) is 2.53. The molecule has 1 saturated heterocycles. The summed E-state index contributed by atoms with van der Waals surface area (Å²) in [7, 11) is 0. The Morgan fingerprint density at radius 1 is 1.48 bits per heavy atom. The highest BCUT2D eigenvalue weighted by molar-refractivity contribution is 5.76. The van der Waals surface area contributed by atoms with Gasteiger partial charge in [-0.25, -0.2) is 0 Å². The van der Waals surface area contributed by atoms with Gasteiger partial charge in [0, 0.05) is 19.6 Å². The number of ether oxygens (including phenoxy) is 2. The van der Waals surface area contributed by atoms with Crippen LogP contribution in [0.2, 0.25) is 0 Å². The van der Waals surface area contributed by atoms with E-state index >= 15 is 0 Å². The zero-order valence-corrected chi connectivity index (χ0v) is 14.1. The van der Waals surface area contributed by atoms with Crippen LogP contribution in [0.15, 0.2) is 18.2 Å². The van der Waals surface area contributed by atoms with Crippen LogP contribution in [0.25, 0.3) is 0 Å². The maximum atomic E-state index is 11.9. The van der Waals surface area contributed by atoms with Crippen molar-refractivity contribution in [3.8, 4) is 5.75 Å². The van der Waals surface area contributed by atoms with Gasteiger partial charge in [-0.05, 0) is 42.9 Å². The van der Waals surface area contributed by atoms with Gasteiger partial charge in [-0.15, -0.1) is 0 Å². The maximum Gasteiger partial charge on any atom is 0.220 e. The number of nitrogens with two attached hydrogens (primary N) is 1. The van der Waals surface area contributed by atoms with Crippen molar-refractivity contribution in [3.05, 3.63) is 23.8 Å². The second-order valence-corrected chi connectivity index (χ2v) is 6.52. The lowest BCUT2D eigenvalue weighted by Gasteiger charge is -2.13. The van der Waals surface area contributed by atoms with Crippen LogP contribution >= 0.6 is 0 Å². The zero-order chi connectivity index (χ0) is 16.7. The second kappa shape index (κ2) is 8.77. The molecule has 1 aromatic carbocycles. The molecule has 0 radical (unpaired) electrons. The highest BCUT2D eigenvalue weighted by Gasteiger charge is 2.16. The molecule has 5 nitrogen and oxygen atoms in total.